The molecular weight excluding hydrogens is 318 g/mol. The maximum absolute atomic E-state index is 11.6. The lowest BCUT2D eigenvalue weighted by atomic mass is 9.96. The smallest absolute Gasteiger partial charge is 0.290 e. The van der Waals surface area contributed by atoms with Crippen LogP contribution in [-0.4, -0.2) is 60.6 Å². The van der Waals surface area contributed by atoms with Gasteiger partial charge in [-0.25, -0.2) is 9.98 Å². The molecule has 1 unspecified atom stereocenters. The third-order valence-corrected chi connectivity index (χ3v) is 4.33. The zero-order valence-corrected chi connectivity index (χ0v) is 12.6. The first kappa shape index (κ1) is 15.1. The van der Waals surface area contributed by atoms with Gasteiger partial charge in [-0.15, -0.1) is 0 Å². The second kappa shape index (κ2) is 5.05. The zero-order chi connectivity index (χ0) is 17.1. The second-order valence-corrected chi connectivity index (χ2v) is 5.96. The maximum Gasteiger partial charge on any atom is 0.290 e. The standard InChI is InChI=1S/C14H15N5O5/c1-14(23)10(22)7(4-20)24-13(14)19-3-6-9-11(16-5-17-12(9)19)18-8(21)2-15-6/h2-3,5,7,10,13,20,22-23H,4H2,1H3,(H,16,17,18,21)/t7-,10-,13?,14+/m1/s1. The Morgan fingerprint density at radius 1 is 1.50 bits per heavy atom. The van der Waals surface area contributed by atoms with Gasteiger partial charge in [-0.05, 0) is 6.92 Å². The number of rotatable bonds is 2. The van der Waals surface area contributed by atoms with E-state index in [1.54, 1.807) is 6.20 Å². The van der Waals surface area contributed by atoms with E-state index in [9.17, 15) is 20.1 Å². The van der Waals surface area contributed by atoms with Gasteiger partial charge in [0.05, 0.1) is 30.0 Å². The zero-order valence-electron chi connectivity index (χ0n) is 12.6. The number of ether oxygens (including phenoxy) is 1. The van der Waals surface area contributed by atoms with Crippen LogP contribution < -0.4 is 10.9 Å². The van der Waals surface area contributed by atoms with E-state index in [2.05, 4.69) is 20.3 Å². The molecule has 4 atom stereocenters. The highest BCUT2D eigenvalue weighted by molar-refractivity contribution is 6.04. The van der Waals surface area contributed by atoms with Crippen molar-refractivity contribution in [1.82, 2.24) is 14.5 Å². The van der Waals surface area contributed by atoms with Crippen LogP contribution in [0.3, 0.4) is 0 Å². The fraction of sp³-hybridized carbons (Fsp3) is 0.429. The third kappa shape index (κ3) is 1.97. The number of aliphatic hydroxyl groups excluding tert-OH is 2. The Morgan fingerprint density at radius 3 is 3.00 bits per heavy atom. The van der Waals surface area contributed by atoms with Crippen molar-refractivity contribution < 1.29 is 20.1 Å². The third-order valence-electron chi connectivity index (χ3n) is 4.33. The fourth-order valence-electron chi connectivity index (χ4n) is 3.11. The van der Waals surface area contributed by atoms with Gasteiger partial charge in [0.1, 0.15) is 29.4 Å². The Hall–Kier alpha value is -2.40. The van der Waals surface area contributed by atoms with E-state index in [1.807, 2.05) is 0 Å². The Kier molecular flexibility index (Phi) is 3.18. The first-order valence-electron chi connectivity index (χ1n) is 7.31. The Labute approximate surface area is 135 Å². The summed E-state index contributed by atoms with van der Waals surface area (Å²) in [6, 6.07) is 0. The highest BCUT2D eigenvalue weighted by Crippen LogP contribution is 2.43. The van der Waals surface area contributed by atoms with Gasteiger partial charge < -0.3 is 29.9 Å². The molecule has 4 N–H and O–H groups in total. The van der Waals surface area contributed by atoms with Gasteiger partial charge in [0, 0.05) is 6.20 Å². The molecule has 10 heteroatoms. The van der Waals surface area contributed by atoms with Gasteiger partial charge in [0.15, 0.2) is 6.23 Å². The van der Waals surface area contributed by atoms with E-state index in [-0.39, 0.29) is 0 Å². The monoisotopic (exact) mass is 333 g/mol. The van der Waals surface area contributed by atoms with E-state index in [0.29, 0.717) is 22.5 Å². The van der Waals surface area contributed by atoms with Crippen molar-refractivity contribution in [2.45, 2.75) is 31.0 Å². The minimum atomic E-state index is -1.65. The molecule has 0 aliphatic carbocycles. The van der Waals surface area contributed by atoms with Crippen LogP contribution in [0, 0.1) is 0 Å². The summed E-state index contributed by atoms with van der Waals surface area (Å²) in [6.07, 6.45) is 0.823. The average Bonchev–Trinajstić information content (AvgIpc) is 2.95. The molecule has 0 aromatic carbocycles. The Balaban J connectivity index is 1.94. The minimum absolute atomic E-state index is 0.299. The van der Waals surface area contributed by atoms with Crippen LogP contribution in [0.15, 0.2) is 22.2 Å². The van der Waals surface area contributed by atoms with Gasteiger partial charge in [-0.3, -0.25) is 4.79 Å². The van der Waals surface area contributed by atoms with E-state index < -0.39 is 36.2 Å². The molecule has 2 aliphatic heterocycles. The summed E-state index contributed by atoms with van der Waals surface area (Å²) in [5, 5.41) is 33.4. The van der Waals surface area contributed by atoms with Gasteiger partial charge in [0.2, 0.25) is 0 Å². The lowest BCUT2D eigenvalue weighted by Crippen LogP contribution is -2.44. The Morgan fingerprint density at radius 2 is 2.29 bits per heavy atom. The number of anilines is 1. The molecule has 2 aromatic rings. The van der Waals surface area contributed by atoms with Crippen LogP contribution in [0.1, 0.15) is 13.2 Å². The number of hydrogen-bond acceptors (Lipinski definition) is 9. The van der Waals surface area contributed by atoms with E-state index in [1.165, 1.54) is 17.8 Å². The molecule has 4 heterocycles. The predicted molar refractivity (Wildman–Crippen MR) is 83.2 cm³/mol. The maximum atomic E-state index is 11.6. The summed E-state index contributed by atoms with van der Waals surface area (Å²) >= 11 is 0. The predicted octanol–water partition coefficient (Wildman–Crippen LogP) is -1.12. The van der Waals surface area contributed by atoms with Gasteiger partial charge >= 0.3 is 0 Å². The lowest BCUT2D eigenvalue weighted by molar-refractivity contribution is -0.0955. The van der Waals surface area contributed by atoms with Gasteiger partial charge in [0.25, 0.3) is 5.56 Å². The highest BCUT2D eigenvalue weighted by Gasteiger charge is 2.53. The molecule has 1 saturated heterocycles. The largest absolute Gasteiger partial charge is 0.394 e. The van der Waals surface area contributed by atoms with Crippen molar-refractivity contribution in [3.63, 3.8) is 0 Å². The number of nitrogens with zero attached hydrogens (tertiary/aromatic N) is 4. The number of aromatic nitrogens is 3. The number of hydrogen-bond donors (Lipinski definition) is 4. The van der Waals surface area contributed by atoms with Gasteiger partial charge in [-0.1, -0.05) is 0 Å². The van der Waals surface area contributed by atoms with Crippen LogP contribution in [0.5, 0.6) is 0 Å². The quantitative estimate of drug-likeness (QED) is 0.541. The van der Waals surface area contributed by atoms with Crippen LogP contribution in [0.25, 0.3) is 10.9 Å². The van der Waals surface area contributed by atoms with Crippen molar-refractivity contribution in [3.8, 4) is 0 Å². The molecule has 10 nitrogen and oxygen atoms in total. The van der Waals surface area contributed by atoms with Crippen molar-refractivity contribution in [1.29, 1.82) is 0 Å². The van der Waals surface area contributed by atoms with E-state index >= 15 is 0 Å². The molecule has 126 valence electrons. The van der Waals surface area contributed by atoms with E-state index in [0.717, 1.165) is 6.20 Å². The minimum Gasteiger partial charge on any atom is -0.394 e. The molecule has 2 aliphatic rings. The van der Waals surface area contributed by atoms with Crippen molar-refractivity contribution >= 4 is 28.9 Å². The molecule has 0 saturated carbocycles. The molecule has 0 amide bonds. The molecule has 1 fully saturated rings. The number of nitrogens with one attached hydrogen (secondary N) is 1. The molecule has 0 spiro atoms. The number of aliphatic imine (C=N–C) groups is 1. The van der Waals surface area contributed by atoms with Crippen LogP contribution in [0.2, 0.25) is 0 Å². The van der Waals surface area contributed by atoms with Crippen LogP contribution >= 0.6 is 0 Å². The van der Waals surface area contributed by atoms with Crippen LogP contribution in [0.4, 0.5) is 11.6 Å². The SMILES string of the molecule is C[C@@]1(O)C(n2cc3ncc(=O)nc4c3c2N=CN4)O[C@H](CO)[C@H]1O. The summed E-state index contributed by atoms with van der Waals surface area (Å²) in [6.45, 7) is 0.983. The first-order chi connectivity index (χ1) is 11.4. The molecule has 24 heavy (non-hydrogen) atoms. The molecule has 2 aromatic heterocycles. The Bertz CT molecular complexity index is 908. The molecule has 0 radical (unpaired) electrons. The van der Waals surface area contributed by atoms with Gasteiger partial charge in [-0.2, -0.15) is 4.98 Å². The van der Waals surface area contributed by atoms with Crippen LogP contribution in [-0.2, 0) is 4.74 Å². The summed E-state index contributed by atoms with van der Waals surface area (Å²) in [4.78, 5) is 23.8. The highest BCUT2D eigenvalue weighted by atomic mass is 16.6. The normalized spacial score (nSPS) is 31.4. The fourth-order valence-corrected chi connectivity index (χ4v) is 3.11. The second-order valence-electron chi connectivity index (χ2n) is 5.96. The summed E-state index contributed by atoms with van der Waals surface area (Å²) in [5.74, 6) is 0.679. The molecule has 0 bridgehead atoms. The average molecular weight is 333 g/mol. The summed E-state index contributed by atoms with van der Waals surface area (Å²) in [5.41, 5.74) is -1.72. The summed E-state index contributed by atoms with van der Waals surface area (Å²) < 4.78 is 7.13. The van der Waals surface area contributed by atoms with Crippen molar-refractivity contribution in [3.05, 3.63) is 22.7 Å². The first-order valence-corrected chi connectivity index (χ1v) is 7.31. The summed E-state index contributed by atoms with van der Waals surface area (Å²) in [7, 11) is 0. The lowest BCUT2D eigenvalue weighted by Gasteiger charge is -2.28. The molecular formula is C14H15N5O5. The van der Waals surface area contributed by atoms with E-state index in [4.69, 9.17) is 4.74 Å². The molecule has 4 rings (SSSR count). The van der Waals surface area contributed by atoms with Crippen molar-refractivity contribution in [2.75, 3.05) is 11.9 Å². The topological polar surface area (TPSA) is 142 Å². The number of aliphatic hydroxyl groups is 3. The van der Waals surface area contributed by atoms with Crippen molar-refractivity contribution in [2.24, 2.45) is 4.99 Å².